The van der Waals surface area contributed by atoms with E-state index >= 15 is 0 Å². The molecule has 2 aliphatic heterocycles. The molecule has 3 rings (SSSR count). The molecule has 0 aliphatic carbocycles. The molecule has 1 aromatic heterocycles. The second kappa shape index (κ2) is 36.2. The van der Waals surface area contributed by atoms with Gasteiger partial charge in [0.15, 0.2) is 6.10 Å². The number of rotatable bonds is 23. The van der Waals surface area contributed by atoms with Crippen molar-refractivity contribution in [3.8, 4) is 0 Å². The van der Waals surface area contributed by atoms with Crippen LogP contribution in [0.1, 0.15) is 142 Å². The first-order valence-corrected chi connectivity index (χ1v) is 29.2. The van der Waals surface area contributed by atoms with Crippen molar-refractivity contribution in [1.29, 1.82) is 0 Å². The highest BCUT2D eigenvalue weighted by molar-refractivity contribution is 7.61. The molecule has 3 heterocycles. The lowest BCUT2D eigenvalue weighted by Gasteiger charge is -2.40. The van der Waals surface area contributed by atoms with Crippen molar-refractivity contribution >= 4 is 33.4 Å². The van der Waals surface area contributed by atoms with Gasteiger partial charge in [-0.15, -0.1) is 0 Å². The van der Waals surface area contributed by atoms with Crippen molar-refractivity contribution in [2.45, 2.75) is 185 Å². The molecule has 21 nitrogen and oxygen atoms in total. The van der Waals surface area contributed by atoms with Crippen LogP contribution in [-0.4, -0.2) is 119 Å². The van der Waals surface area contributed by atoms with Gasteiger partial charge < -0.3 is 55.3 Å². The second-order valence-electron chi connectivity index (χ2n) is 18.6. The van der Waals surface area contributed by atoms with Gasteiger partial charge in [0.25, 0.3) is 0 Å². The number of unbranched alkanes of at least 4 members (excludes halogenated alkanes) is 6. The number of fused-ring (bicyclic) bond motifs is 3. The SMILES string of the molecule is CCCCC/C=C\C/C=C\C/C=C\C/C=C\CCCC(=O)OC[C@@H]1COP(=O)(O)OP(=O)(O)OC[C@H]2O[C@@H](n3ccc(N)nc3=O)[C@@H](CC=CCCCC(=O)O1)[C@@H](O)C[C@@H](O)[C@H](/C=C\[C@@H](O)CCCCC)[C@H](O)[C@@H]2O. The summed E-state index contributed by atoms with van der Waals surface area (Å²) in [4.78, 5) is 64.1. The van der Waals surface area contributed by atoms with Crippen LogP contribution in [0.5, 0.6) is 0 Å². The van der Waals surface area contributed by atoms with Crippen LogP contribution < -0.4 is 11.4 Å². The van der Waals surface area contributed by atoms with E-state index in [2.05, 4.69) is 52.7 Å². The summed E-state index contributed by atoms with van der Waals surface area (Å²) < 4.78 is 58.9. The van der Waals surface area contributed by atoms with E-state index in [0.717, 1.165) is 43.1 Å². The molecule has 2 bridgehead atoms. The first-order chi connectivity index (χ1) is 35.9. The highest BCUT2D eigenvalue weighted by atomic mass is 31.3. The summed E-state index contributed by atoms with van der Waals surface area (Å²) in [6.45, 7) is 1.41. The molecular formula is C52H83N3O18P2. The maximum Gasteiger partial charge on any atom is 0.481 e. The topological polar surface area (TPSA) is 326 Å². The summed E-state index contributed by atoms with van der Waals surface area (Å²) >= 11 is 0. The van der Waals surface area contributed by atoms with Gasteiger partial charge in [-0.3, -0.25) is 23.2 Å². The van der Waals surface area contributed by atoms with Crippen molar-refractivity contribution in [2.75, 3.05) is 25.6 Å². The number of nitrogens with two attached hydrogens (primary N) is 1. The van der Waals surface area contributed by atoms with Gasteiger partial charge in [-0.25, -0.2) is 13.9 Å². The van der Waals surface area contributed by atoms with Gasteiger partial charge in [-0.2, -0.15) is 9.29 Å². The van der Waals surface area contributed by atoms with Gasteiger partial charge in [-0.05, 0) is 76.7 Å². The lowest BCUT2D eigenvalue weighted by Crippen LogP contribution is -2.52. The lowest BCUT2D eigenvalue weighted by atomic mass is 9.82. The third-order valence-electron chi connectivity index (χ3n) is 12.3. The van der Waals surface area contributed by atoms with Crippen LogP contribution in [0, 0.1) is 11.8 Å². The molecule has 1 fully saturated rings. The van der Waals surface area contributed by atoms with Crippen LogP contribution in [-0.2, 0) is 46.3 Å². The Morgan fingerprint density at radius 1 is 0.853 bits per heavy atom. The number of hydrogen-bond donors (Lipinski definition) is 8. The Labute approximate surface area is 441 Å². The van der Waals surface area contributed by atoms with Crippen molar-refractivity contribution < 1.29 is 81.6 Å². The van der Waals surface area contributed by atoms with E-state index in [-0.39, 0.29) is 37.9 Å². The van der Waals surface area contributed by atoms with Crippen LogP contribution in [0.15, 0.2) is 90.0 Å². The number of allylic oxidation sites excluding steroid dienone is 10. The number of carbonyl (C=O) groups excluding carboxylic acids is 2. The number of aliphatic hydroxyl groups is 5. The third-order valence-corrected chi connectivity index (χ3v) is 14.9. The third kappa shape index (κ3) is 26.8. The van der Waals surface area contributed by atoms with Crippen LogP contribution >= 0.6 is 15.6 Å². The standard InChI is InChI=1S/C52H83N3O18P2/c1-3-5-7-8-9-10-11-12-13-14-15-16-17-18-19-20-25-29-47(59)68-36-40-37-69-74(64,65)73-75(66,67)70-38-45-50(62)49(61)41(32-31-39(56)27-23-6-4-2)43(57)35-44(58)42(28-24-21-22-26-30-48(60)71-40)51(72-45)55-34-33-46(53)54-52(55)63/h9-10,12-13,15-16,18-19,21,24,31-34,39-45,49-51,56-58,61-62H,3-8,11,14,17,20,22-23,25-30,35-38H2,1-2H3,(H,64,65)(H,66,67)(H2,53,54,63)/b10-9-,13-12-,16-15-,19-18-,24-21?,32-31-/t39-,40+,41-,42-,43+,44-,45+,49-,50+,51+/m0/s1. The molecule has 75 heavy (non-hydrogen) atoms. The molecule has 1 saturated heterocycles. The molecule has 0 saturated carbocycles. The fourth-order valence-corrected chi connectivity index (χ4v) is 10.2. The average Bonchev–Trinajstić information content (AvgIpc) is 3.35. The number of nitrogens with zero attached hydrogens (tertiary/aromatic N) is 2. The highest BCUT2D eigenvalue weighted by Gasteiger charge is 2.45. The number of esters is 2. The van der Waals surface area contributed by atoms with E-state index in [1.54, 1.807) is 12.2 Å². The monoisotopic (exact) mass is 1100 g/mol. The van der Waals surface area contributed by atoms with Gasteiger partial charge in [0.05, 0.1) is 37.6 Å². The maximum absolute atomic E-state index is 13.4. The Hall–Kier alpha value is -3.92. The zero-order chi connectivity index (χ0) is 55.1. The predicted molar refractivity (Wildman–Crippen MR) is 281 cm³/mol. The fourth-order valence-electron chi connectivity index (χ4n) is 8.11. The van der Waals surface area contributed by atoms with E-state index in [1.165, 1.54) is 43.7 Å². The Kier molecular flexibility index (Phi) is 31.6. The minimum absolute atomic E-state index is 0.00137. The molecule has 9 N–H and O–H groups in total. The van der Waals surface area contributed by atoms with Crippen LogP contribution in [0.4, 0.5) is 5.82 Å². The quantitative estimate of drug-likeness (QED) is 0.0231. The van der Waals surface area contributed by atoms with E-state index in [1.807, 2.05) is 19.1 Å². The Bertz CT molecular complexity index is 2170. The number of cyclic esters (lactones) is 1. The number of hydrogen-bond acceptors (Lipinski definition) is 18. The number of aromatic nitrogens is 2. The van der Waals surface area contributed by atoms with E-state index in [4.69, 9.17) is 29.0 Å². The highest BCUT2D eigenvalue weighted by Crippen LogP contribution is 2.60. The molecule has 0 radical (unpaired) electrons. The number of phosphoric ester groups is 2. The largest absolute Gasteiger partial charge is 0.481 e. The molecule has 0 aromatic carbocycles. The minimum Gasteiger partial charge on any atom is -0.462 e. The smallest absolute Gasteiger partial charge is 0.462 e. The number of carbonyl (C=O) groups is 2. The van der Waals surface area contributed by atoms with Crippen molar-refractivity contribution in [3.05, 3.63) is 95.7 Å². The van der Waals surface area contributed by atoms with Gasteiger partial charge in [0.1, 0.15) is 30.9 Å². The van der Waals surface area contributed by atoms with Gasteiger partial charge in [0, 0.05) is 37.3 Å². The molecule has 12 atom stereocenters. The Morgan fingerprint density at radius 3 is 2.13 bits per heavy atom. The molecule has 424 valence electrons. The minimum atomic E-state index is -5.72. The lowest BCUT2D eigenvalue weighted by molar-refractivity contribution is -0.194. The summed E-state index contributed by atoms with van der Waals surface area (Å²) in [6, 6.07) is 1.24. The van der Waals surface area contributed by atoms with Crippen molar-refractivity contribution in [2.24, 2.45) is 11.8 Å². The first-order valence-electron chi connectivity index (χ1n) is 26.2. The number of aliphatic hydroxyl groups excluding tert-OH is 5. The van der Waals surface area contributed by atoms with E-state index < -0.39 is 120 Å². The maximum atomic E-state index is 13.4. The molecule has 0 spiro atoms. The molecule has 23 heteroatoms. The average molecular weight is 1100 g/mol. The summed E-state index contributed by atoms with van der Waals surface area (Å²) in [7, 11) is -11.3. The number of phosphoric acid groups is 2. The normalized spacial score (nSPS) is 29.9. The summed E-state index contributed by atoms with van der Waals surface area (Å²) in [6.07, 6.45) is 21.3. The molecule has 1 aromatic rings. The zero-order valence-electron chi connectivity index (χ0n) is 43.4. The van der Waals surface area contributed by atoms with E-state index in [0.29, 0.717) is 25.7 Å². The summed E-state index contributed by atoms with van der Waals surface area (Å²) in [5.74, 6) is -4.22. The van der Waals surface area contributed by atoms with Crippen molar-refractivity contribution in [3.63, 3.8) is 0 Å². The van der Waals surface area contributed by atoms with Gasteiger partial charge in [0.2, 0.25) is 0 Å². The Morgan fingerprint density at radius 2 is 1.48 bits per heavy atom. The molecule has 0 amide bonds. The number of nitrogen functional groups attached to an aromatic ring is 1. The Balaban J connectivity index is 1.77. The second-order valence-corrected chi connectivity index (χ2v) is 21.7. The van der Waals surface area contributed by atoms with E-state index in [9.17, 15) is 58.8 Å². The summed E-state index contributed by atoms with van der Waals surface area (Å²) in [5, 5.41) is 57.4. The number of anilines is 1. The van der Waals surface area contributed by atoms with Crippen LogP contribution in [0.3, 0.4) is 0 Å². The van der Waals surface area contributed by atoms with Crippen LogP contribution in [0.2, 0.25) is 0 Å². The molecular weight excluding hydrogens is 1020 g/mol. The first kappa shape index (κ1) is 65.4. The fraction of sp³-hybridized carbons (Fsp3) is 0.654. The predicted octanol–water partition coefficient (Wildman–Crippen LogP) is 7.27. The molecule has 2 unspecified atom stereocenters. The van der Waals surface area contributed by atoms with Gasteiger partial charge in [-0.1, -0.05) is 119 Å². The summed E-state index contributed by atoms with van der Waals surface area (Å²) in [5.41, 5.74) is 4.77. The van der Waals surface area contributed by atoms with Crippen LogP contribution in [0.25, 0.3) is 0 Å². The zero-order valence-corrected chi connectivity index (χ0v) is 45.2. The molecule has 2 aliphatic rings. The van der Waals surface area contributed by atoms with Crippen molar-refractivity contribution in [1.82, 2.24) is 9.55 Å². The van der Waals surface area contributed by atoms with Gasteiger partial charge >= 0.3 is 33.3 Å². The number of ether oxygens (including phenoxy) is 3.